The number of benzene rings is 2. The summed E-state index contributed by atoms with van der Waals surface area (Å²) < 4.78 is 5.15. The van der Waals surface area contributed by atoms with Gasteiger partial charge in [0.15, 0.2) is 0 Å². The first-order chi connectivity index (χ1) is 15.8. The van der Waals surface area contributed by atoms with Crippen LogP contribution in [0.15, 0.2) is 66.5 Å². The van der Waals surface area contributed by atoms with Crippen molar-refractivity contribution >= 4 is 52.3 Å². The highest BCUT2D eigenvalue weighted by Crippen LogP contribution is 2.42. The highest BCUT2D eigenvalue weighted by Gasteiger charge is 2.46. The molecule has 1 N–H and O–H groups in total. The minimum Gasteiger partial charge on any atom is -0.507 e. The molecule has 0 bridgehead atoms. The summed E-state index contributed by atoms with van der Waals surface area (Å²) >= 11 is 18.5. The molecular weight excluding hydrogens is 487 g/mol. The molecule has 0 saturated carbocycles. The van der Waals surface area contributed by atoms with Gasteiger partial charge >= 0.3 is 0 Å². The lowest BCUT2D eigenvalue weighted by molar-refractivity contribution is -0.140. The number of aliphatic hydroxyl groups excluding tert-OH is 1. The van der Waals surface area contributed by atoms with Crippen LogP contribution in [0.4, 0.5) is 0 Å². The number of carbonyl (C=O) groups is 2. The van der Waals surface area contributed by atoms with Gasteiger partial charge in [-0.25, -0.2) is 0 Å². The van der Waals surface area contributed by atoms with E-state index in [0.717, 1.165) is 5.56 Å². The lowest BCUT2D eigenvalue weighted by atomic mass is 9.95. The van der Waals surface area contributed by atoms with Crippen molar-refractivity contribution < 1.29 is 19.4 Å². The van der Waals surface area contributed by atoms with Gasteiger partial charge in [-0.1, -0.05) is 40.9 Å². The van der Waals surface area contributed by atoms with E-state index in [1.54, 1.807) is 54.9 Å². The van der Waals surface area contributed by atoms with Crippen LogP contribution >= 0.6 is 34.8 Å². The lowest BCUT2D eigenvalue weighted by Crippen LogP contribution is -2.29. The third kappa shape index (κ3) is 4.42. The lowest BCUT2D eigenvalue weighted by Gasteiger charge is -2.25. The molecule has 0 spiro atoms. The van der Waals surface area contributed by atoms with Crippen molar-refractivity contribution in [2.75, 3.05) is 7.11 Å². The summed E-state index contributed by atoms with van der Waals surface area (Å²) in [6, 6.07) is 12.0. The Balaban J connectivity index is 1.88. The van der Waals surface area contributed by atoms with Crippen LogP contribution in [0.1, 0.15) is 22.7 Å². The van der Waals surface area contributed by atoms with Crippen LogP contribution in [0.25, 0.3) is 5.76 Å². The van der Waals surface area contributed by atoms with E-state index < -0.39 is 17.7 Å². The molecule has 33 heavy (non-hydrogen) atoms. The molecule has 1 amide bonds. The number of pyridine rings is 1. The van der Waals surface area contributed by atoms with Crippen LogP contribution < -0.4 is 4.74 Å². The Kier molecular flexibility index (Phi) is 6.61. The number of aliphatic hydroxyl groups is 1. The average molecular weight is 504 g/mol. The standard InChI is InChI=1S/C24H17Cl3N2O4/c1-33-19-5-3-15(11-18(19)27)22(30)20-21(14-2-4-16(25)17(26)10-14)29(24(32)23(20)31)12-13-6-8-28-9-7-13/h2-11,21,30H,12H2,1H3/b22-20-. The van der Waals surface area contributed by atoms with Gasteiger partial charge in [0.2, 0.25) is 0 Å². The zero-order valence-corrected chi connectivity index (χ0v) is 19.5. The molecule has 0 radical (unpaired) electrons. The third-order valence-electron chi connectivity index (χ3n) is 5.33. The van der Waals surface area contributed by atoms with Gasteiger partial charge in [0.05, 0.1) is 33.8 Å². The molecule has 6 nitrogen and oxygen atoms in total. The number of aromatic nitrogens is 1. The van der Waals surface area contributed by atoms with E-state index in [-0.39, 0.29) is 33.5 Å². The molecule has 1 fully saturated rings. The molecule has 1 atom stereocenters. The van der Waals surface area contributed by atoms with Crippen molar-refractivity contribution in [3.8, 4) is 5.75 Å². The van der Waals surface area contributed by atoms with E-state index in [9.17, 15) is 14.7 Å². The number of hydrogen-bond donors (Lipinski definition) is 1. The number of hydrogen-bond acceptors (Lipinski definition) is 5. The first-order valence-corrected chi connectivity index (χ1v) is 10.9. The minimum absolute atomic E-state index is 0.0753. The average Bonchev–Trinajstić information content (AvgIpc) is 3.06. The van der Waals surface area contributed by atoms with Crippen LogP contribution in [0.5, 0.6) is 5.75 Å². The van der Waals surface area contributed by atoms with E-state index in [2.05, 4.69) is 4.98 Å². The van der Waals surface area contributed by atoms with Crippen LogP contribution in [0, 0.1) is 0 Å². The second-order valence-electron chi connectivity index (χ2n) is 7.31. The quantitative estimate of drug-likeness (QED) is 0.276. The van der Waals surface area contributed by atoms with E-state index in [1.165, 1.54) is 18.1 Å². The van der Waals surface area contributed by atoms with Crippen LogP contribution in [-0.4, -0.2) is 33.8 Å². The van der Waals surface area contributed by atoms with Crippen LogP contribution in [0.3, 0.4) is 0 Å². The molecule has 1 unspecified atom stereocenters. The second kappa shape index (κ2) is 9.43. The van der Waals surface area contributed by atoms with Gasteiger partial charge in [0, 0.05) is 24.5 Å². The number of nitrogens with zero attached hydrogens (tertiary/aromatic N) is 2. The number of Topliss-reactive ketones (excluding diaryl/α,β-unsaturated/α-hetero) is 1. The molecule has 0 aliphatic carbocycles. The Labute approximate surface area is 205 Å². The first-order valence-electron chi connectivity index (χ1n) is 9.78. The van der Waals surface area contributed by atoms with Gasteiger partial charge in [0.25, 0.3) is 11.7 Å². The summed E-state index contributed by atoms with van der Waals surface area (Å²) in [5, 5.41) is 12.0. The molecule has 1 saturated heterocycles. The normalized spacial score (nSPS) is 17.5. The molecule has 3 aromatic rings. The number of rotatable bonds is 5. The number of methoxy groups -OCH3 is 1. The smallest absolute Gasteiger partial charge is 0.295 e. The molecule has 9 heteroatoms. The highest BCUT2D eigenvalue weighted by molar-refractivity contribution is 6.47. The molecule has 1 aliphatic rings. The number of likely N-dealkylation sites (tertiary alicyclic amines) is 1. The SMILES string of the molecule is COc1ccc(/C(O)=C2/C(=O)C(=O)N(Cc3ccncc3)C2c2ccc(Cl)c(Cl)c2)cc1Cl. The zero-order valence-electron chi connectivity index (χ0n) is 17.3. The zero-order chi connectivity index (χ0) is 23.7. The Morgan fingerprint density at radius 2 is 1.73 bits per heavy atom. The van der Waals surface area contributed by atoms with Crippen molar-refractivity contribution in [3.63, 3.8) is 0 Å². The third-order valence-corrected chi connectivity index (χ3v) is 6.36. The maximum atomic E-state index is 13.1. The Bertz CT molecular complexity index is 1280. The Morgan fingerprint density at radius 1 is 1.00 bits per heavy atom. The Morgan fingerprint density at radius 3 is 2.36 bits per heavy atom. The molecule has 1 aliphatic heterocycles. The maximum absolute atomic E-state index is 13.1. The minimum atomic E-state index is -0.895. The van der Waals surface area contributed by atoms with Gasteiger partial charge in [-0.15, -0.1) is 0 Å². The van der Waals surface area contributed by atoms with Gasteiger partial charge in [-0.3, -0.25) is 14.6 Å². The topological polar surface area (TPSA) is 79.7 Å². The fraction of sp³-hybridized carbons (Fsp3) is 0.125. The molecule has 2 heterocycles. The summed E-state index contributed by atoms with van der Waals surface area (Å²) in [6.45, 7) is 0.123. The molecule has 168 valence electrons. The van der Waals surface area contributed by atoms with Gasteiger partial charge in [-0.05, 0) is 53.6 Å². The summed E-state index contributed by atoms with van der Waals surface area (Å²) in [5.41, 5.74) is 1.49. The van der Waals surface area contributed by atoms with Crippen molar-refractivity contribution in [3.05, 3.63) is 98.3 Å². The number of ether oxygens (including phenoxy) is 1. The number of ketones is 1. The van der Waals surface area contributed by atoms with Crippen molar-refractivity contribution in [2.24, 2.45) is 0 Å². The number of amides is 1. The van der Waals surface area contributed by atoms with Crippen LogP contribution in [-0.2, 0) is 16.1 Å². The van der Waals surface area contributed by atoms with E-state index in [4.69, 9.17) is 39.5 Å². The fourth-order valence-electron chi connectivity index (χ4n) is 3.73. The van der Waals surface area contributed by atoms with Crippen LogP contribution in [0.2, 0.25) is 15.1 Å². The van der Waals surface area contributed by atoms with Crippen molar-refractivity contribution in [1.29, 1.82) is 0 Å². The largest absolute Gasteiger partial charge is 0.507 e. The van der Waals surface area contributed by atoms with E-state index in [0.29, 0.717) is 16.3 Å². The second-order valence-corrected chi connectivity index (χ2v) is 8.53. The summed E-state index contributed by atoms with van der Waals surface area (Å²) in [7, 11) is 1.47. The maximum Gasteiger partial charge on any atom is 0.295 e. The number of carbonyl (C=O) groups excluding carboxylic acids is 2. The summed E-state index contributed by atoms with van der Waals surface area (Å²) in [4.78, 5) is 31.6. The first kappa shape index (κ1) is 23.1. The molecule has 2 aromatic carbocycles. The van der Waals surface area contributed by atoms with Gasteiger partial charge < -0.3 is 14.7 Å². The van der Waals surface area contributed by atoms with Gasteiger partial charge in [-0.2, -0.15) is 0 Å². The van der Waals surface area contributed by atoms with Crippen molar-refractivity contribution in [1.82, 2.24) is 9.88 Å². The Hall–Kier alpha value is -3.06. The van der Waals surface area contributed by atoms with Gasteiger partial charge in [0.1, 0.15) is 11.5 Å². The monoisotopic (exact) mass is 502 g/mol. The summed E-state index contributed by atoms with van der Waals surface area (Å²) in [6.07, 6.45) is 3.19. The molecule has 4 rings (SSSR count). The highest BCUT2D eigenvalue weighted by atomic mass is 35.5. The fourth-order valence-corrected chi connectivity index (χ4v) is 4.29. The van der Waals surface area contributed by atoms with Crippen molar-refractivity contribution in [2.45, 2.75) is 12.6 Å². The predicted molar refractivity (Wildman–Crippen MR) is 127 cm³/mol. The number of halogens is 3. The molecular formula is C24H17Cl3N2O4. The predicted octanol–water partition coefficient (Wildman–Crippen LogP) is 5.67. The van der Waals surface area contributed by atoms with E-state index >= 15 is 0 Å². The van der Waals surface area contributed by atoms with E-state index in [1.807, 2.05) is 0 Å². The summed E-state index contributed by atoms with van der Waals surface area (Å²) in [5.74, 6) is -1.51. The molecule has 1 aromatic heterocycles.